The van der Waals surface area contributed by atoms with Crippen LogP contribution in [0.5, 0.6) is 11.5 Å². The Hall–Kier alpha value is -2.64. The second-order valence-electron chi connectivity index (χ2n) is 6.03. The van der Waals surface area contributed by atoms with Crippen molar-refractivity contribution in [2.75, 3.05) is 20.8 Å². The number of methoxy groups -OCH3 is 2. The fraction of sp³-hybridized carbons (Fsp3) is 0.529. The van der Waals surface area contributed by atoms with Crippen LogP contribution in [0.15, 0.2) is 24.5 Å². The SMILES string of the molecule is COc1ccc([C@H]2CCCN2C(=O)CCCn2cnnn2)c(OC)c1. The number of carbonyl (C=O) groups excluding carboxylic acids is 1. The summed E-state index contributed by atoms with van der Waals surface area (Å²) in [5.41, 5.74) is 1.04. The molecule has 0 saturated carbocycles. The highest BCUT2D eigenvalue weighted by Crippen LogP contribution is 2.39. The van der Waals surface area contributed by atoms with Gasteiger partial charge in [0.2, 0.25) is 5.91 Å². The smallest absolute Gasteiger partial charge is 0.223 e. The zero-order valence-electron chi connectivity index (χ0n) is 14.6. The van der Waals surface area contributed by atoms with E-state index in [-0.39, 0.29) is 11.9 Å². The number of nitrogens with zero attached hydrogens (tertiary/aromatic N) is 5. The number of aryl methyl sites for hydroxylation is 1. The first-order chi connectivity index (χ1) is 12.2. The molecule has 1 atom stereocenters. The first kappa shape index (κ1) is 17.2. The average Bonchev–Trinajstić information content (AvgIpc) is 3.32. The molecule has 1 amide bonds. The van der Waals surface area contributed by atoms with Crippen molar-refractivity contribution in [3.05, 3.63) is 30.1 Å². The number of benzene rings is 1. The van der Waals surface area contributed by atoms with Gasteiger partial charge in [0.15, 0.2) is 0 Å². The summed E-state index contributed by atoms with van der Waals surface area (Å²) in [6.07, 6.45) is 4.70. The highest BCUT2D eigenvalue weighted by molar-refractivity contribution is 5.77. The summed E-state index contributed by atoms with van der Waals surface area (Å²) in [5, 5.41) is 11.0. The van der Waals surface area contributed by atoms with Gasteiger partial charge in [-0.2, -0.15) is 0 Å². The molecule has 0 aliphatic carbocycles. The summed E-state index contributed by atoms with van der Waals surface area (Å²) in [5.74, 6) is 1.67. The quantitative estimate of drug-likeness (QED) is 0.761. The minimum atomic E-state index is 0.0568. The van der Waals surface area contributed by atoms with Gasteiger partial charge in [0.1, 0.15) is 17.8 Å². The minimum absolute atomic E-state index is 0.0568. The van der Waals surface area contributed by atoms with E-state index in [4.69, 9.17) is 9.47 Å². The number of ether oxygens (including phenoxy) is 2. The van der Waals surface area contributed by atoms with Crippen LogP contribution in [0.3, 0.4) is 0 Å². The Labute approximate surface area is 146 Å². The van der Waals surface area contributed by atoms with Crippen molar-refractivity contribution < 1.29 is 14.3 Å². The van der Waals surface area contributed by atoms with Gasteiger partial charge >= 0.3 is 0 Å². The number of rotatable bonds is 7. The van der Waals surface area contributed by atoms with Crippen molar-refractivity contribution in [1.82, 2.24) is 25.1 Å². The molecule has 1 aliphatic heterocycles. The topological polar surface area (TPSA) is 82.4 Å². The third-order valence-electron chi connectivity index (χ3n) is 4.54. The summed E-state index contributed by atoms with van der Waals surface area (Å²) < 4.78 is 12.4. The Bertz CT molecular complexity index is 704. The Morgan fingerprint density at radius 2 is 2.20 bits per heavy atom. The van der Waals surface area contributed by atoms with Gasteiger partial charge in [-0.25, -0.2) is 4.68 Å². The van der Waals surface area contributed by atoms with Crippen LogP contribution in [0.1, 0.15) is 37.3 Å². The first-order valence-electron chi connectivity index (χ1n) is 8.45. The zero-order chi connectivity index (χ0) is 17.6. The van der Waals surface area contributed by atoms with E-state index in [0.717, 1.165) is 36.4 Å². The molecule has 0 spiro atoms. The van der Waals surface area contributed by atoms with Gasteiger partial charge in [0.25, 0.3) is 0 Å². The molecule has 1 fully saturated rings. The number of likely N-dealkylation sites (tertiary alicyclic amines) is 1. The number of tetrazole rings is 1. The molecule has 0 bridgehead atoms. The third-order valence-corrected chi connectivity index (χ3v) is 4.54. The number of aromatic nitrogens is 4. The molecule has 0 unspecified atom stereocenters. The summed E-state index contributed by atoms with van der Waals surface area (Å²) >= 11 is 0. The van der Waals surface area contributed by atoms with Gasteiger partial charge < -0.3 is 14.4 Å². The molecule has 0 radical (unpaired) electrons. The van der Waals surface area contributed by atoms with Crippen molar-refractivity contribution in [3.63, 3.8) is 0 Å². The standard InChI is InChI=1S/C17H23N5O3/c1-24-13-7-8-14(16(11-13)25-2)15-5-3-10-22(15)17(23)6-4-9-21-12-18-19-20-21/h7-8,11-12,15H,3-6,9-10H2,1-2H3/t15-/m1/s1. The highest BCUT2D eigenvalue weighted by atomic mass is 16.5. The third kappa shape index (κ3) is 3.89. The summed E-state index contributed by atoms with van der Waals surface area (Å²) in [4.78, 5) is 14.6. The van der Waals surface area contributed by atoms with E-state index in [9.17, 15) is 4.79 Å². The maximum atomic E-state index is 12.7. The van der Waals surface area contributed by atoms with Crippen LogP contribution in [0.25, 0.3) is 0 Å². The molecule has 1 aromatic heterocycles. The molecule has 0 N–H and O–H groups in total. The van der Waals surface area contributed by atoms with Gasteiger partial charge in [-0.3, -0.25) is 4.79 Å². The van der Waals surface area contributed by atoms with Crippen molar-refractivity contribution in [1.29, 1.82) is 0 Å². The van der Waals surface area contributed by atoms with Gasteiger partial charge in [-0.15, -0.1) is 5.10 Å². The molecule has 25 heavy (non-hydrogen) atoms. The minimum Gasteiger partial charge on any atom is -0.497 e. The Balaban J connectivity index is 1.66. The fourth-order valence-corrected chi connectivity index (χ4v) is 3.30. The predicted molar refractivity (Wildman–Crippen MR) is 90.3 cm³/mol. The van der Waals surface area contributed by atoms with Crippen LogP contribution >= 0.6 is 0 Å². The van der Waals surface area contributed by atoms with E-state index < -0.39 is 0 Å². The molecule has 2 heterocycles. The van der Waals surface area contributed by atoms with E-state index in [1.54, 1.807) is 25.2 Å². The number of hydrogen-bond acceptors (Lipinski definition) is 6. The molecule has 134 valence electrons. The molecule has 8 nitrogen and oxygen atoms in total. The number of carbonyl (C=O) groups is 1. The van der Waals surface area contributed by atoms with Crippen LogP contribution in [0.4, 0.5) is 0 Å². The predicted octanol–water partition coefficient (Wildman–Crippen LogP) is 1.83. The van der Waals surface area contributed by atoms with Gasteiger partial charge in [0.05, 0.1) is 20.3 Å². The summed E-state index contributed by atoms with van der Waals surface area (Å²) in [7, 11) is 3.27. The van der Waals surface area contributed by atoms with Gasteiger partial charge in [-0.1, -0.05) is 0 Å². The molecular weight excluding hydrogens is 322 g/mol. The molecule has 1 aliphatic rings. The number of hydrogen-bond donors (Lipinski definition) is 0. The molecular formula is C17H23N5O3. The van der Waals surface area contributed by atoms with Crippen molar-refractivity contribution in [3.8, 4) is 11.5 Å². The molecule has 1 aromatic carbocycles. The lowest BCUT2D eigenvalue weighted by molar-refractivity contribution is -0.132. The maximum Gasteiger partial charge on any atom is 0.223 e. The molecule has 3 rings (SSSR count). The van der Waals surface area contributed by atoms with E-state index in [0.29, 0.717) is 19.4 Å². The Morgan fingerprint density at radius 3 is 2.92 bits per heavy atom. The lowest BCUT2D eigenvalue weighted by Gasteiger charge is -2.26. The first-order valence-corrected chi connectivity index (χ1v) is 8.45. The van der Waals surface area contributed by atoms with Gasteiger partial charge in [-0.05, 0) is 41.8 Å². The normalized spacial score (nSPS) is 16.9. The van der Waals surface area contributed by atoms with Crippen LogP contribution < -0.4 is 9.47 Å². The summed E-state index contributed by atoms with van der Waals surface area (Å²) in [6.45, 7) is 1.42. The van der Waals surface area contributed by atoms with Crippen molar-refractivity contribution in [2.45, 2.75) is 38.3 Å². The Kier molecular flexibility index (Phi) is 5.47. The monoisotopic (exact) mass is 345 g/mol. The maximum absolute atomic E-state index is 12.7. The second kappa shape index (κ2) is 7.96. The largest absolute Gasteiger partial charge is 0.497 e. The van der Waals surface area contributed by atoms with E-state index in [1.807, 2.05) is 23.1 Å². The van der Waals surface area contributed by atoms with Crippen LogP contribution in [0, 0.1) is 0 Å². The lowest BCUT2D eigenvalue weighted by Crippen LogP contribution is -2.30. The van der Waals surface area contributed by atoms with E-state index >= 15 is 0 Å². The van der Waals surface area contributed by atoms with Crippen LogP contribution in [-0.2, 0) is 11.3 Å². The van der Waals surface area contributed by atoms with Crippen LogP contribution in [-0.4, -0.2) is 51.8 Å². The molecule has 1 saturated heterocycles. The van der Waals surface area contributed by atoms with Crippen molar-refractivity contribution >= 4 is 5.91 Å². The van der Waals surface area contributed by atoms with Crippen LogP contribution in [0.2, 0.25) is 0 Å². The average molecular weight is 345 g/mol. The second-order valence-corrected chi connectivity index (χ2v) is 6.03. The highest BCUT2D eigenvalue weighted by Gasteiger charge is 2.31. The summed E-state index contributed by atoms with van der Waals surface area (Å²) in [6, 6.07) is 5.83. The number of amides is 1. The molecule has 8 heteroatoms. The van der Waals surface area contributed by atoms with Gasteiger partial charge in [0, 0.05) is 31.1 Å². The van der Waals surface area contributed by atoms with E-state index in [1.165, 1.54) is 0 Å². The fourth-order valence-electron chi connectivity index (χ4n) is 3.30. The zero-order valence-corrected chi connectivity index (χ0v) is 14.6. The van der Waals surface area contributed by atoms with E-state index in [2.05, 4.69) is 15.5 Å². The Morgan fingerprint density at radius 1 is 1.32 bits per heavy atom. The van der Waals surface area contributed by atoms with Crippen molar-refractivity contribution in [2.24, 2.45) is 0 Å². The lowest BCUT2D eigenvalue weighted by atomic mass is 10.0. The molecule has 2 aromatic rings.